The van der Waals surface area contributed by atoms with Gasteiger partial charge in [0, 0.05) is 22.7 Å². The van der Waals surface area contributed by atoms with Crippen molar-refractivity contribution in [2.24, 2.45) is 0 Å². The van der Waals surface area contributed by atoms with E-state index < -0.39 is 18.9 Å². The summed E-state index contributed by atoms with van der Waals surface area (Å²) in [5, 5.41) is 11.7. The summed E-state index contributed by atoms with van der Waals surface area (Å²) < 4.78 is 34.7. The van der Waals surface area contributed by atoms with Gasteiger partial charge < -0.3 is 9.82 Å². The van der Waals surface area contributed by atoms with E-state index in [-0.39, 0.29) is 0 Å². The molecule has 0 aliphatic rings. The summed E-state index contributed by atoms with van der Waals surface area (Å²) in [5.74, 6) is 0.0212. The lowest BCUT2D eigenvalue weighted by molar-refractivity contribution is 0.400. The number of methoxy groups -OCH3 is 1. The number of fused-ring (bicyclic) bond motifs is 3. The lowest BCUT2D eigenvalue weighted by Crippen LogP contribution is -1.98. The van der Waals surface area contributed by atoms with Crippen LogP contribution in [0.25, 0.3) is 27.8 Å². The predicted octanol–water partition coefficient (Wildman–Crippen LogP) is 6.08. The minimum absolute atomic E-state index is 0.376. The van der Waals surface area contributed by atoms with Crippen LogP contribution in [0.15, 0.2) is 59.8 Å². The zero-order valence-electron chi connectivity index (χ0n) is 18.5. The van der Waals surface area contributed by atoms with Crippen molar-refractivity contribution in [1.29, 1.82) is 0 Å². The zero-order chi connectivity index (χ0) is 23.8. The van der Waals surface area contributed by atoms with Crippen LogP contribution in [-0.4, -0.2) is 38.3 Å². The molecule has 0 aliphatic heterocycles. The van der Waals surface area contributed by atoms with E-state index in [1.165, 1.54) is 23.5 Å². The first-order valence-corrected chi connectivity index (χ1v) is 13.4. The van der Waals surface area contributed by atoms with Gasteiger partial charge in [-0.05, 0) is 49.5 Å². The molecule has 172 valence electrons. The number of ether oxygens (including phenoxy) is 1. The molecule has 0 spiro atoms. The largest absolute Gasteiger partial charge is 0.480 e. The molecular formula is C23H19F2N6OPS. The number of pyridine rings is 1. The average molecular weight is 496 g/mol. The smallest absolute Gasteiger partial charge is 0.237 e. The summed E-state index contributed by atoms with van der Waals surface area (Å²) in [6, 6.07) is 11.5. The van der Waals surface area contributed by atoms with Crippen LogP contribution in [0, 0.1) is 18.6 Å². The van der Waals surface area contributed by atoms with Gasteiger partial charge in [0.05, 0.1) is 31.6 Å². The number of nitrogens with zero attached hydrogens (tertiary/aromatic N) is 5. The molecule has 0 bridgehead atoms. The van der Waals surface area contributed by atoms with Crippen LogP contribution in [-0.2, 0) is 0 Å². The van der Waals surface area contributed by atoms with E-state index in [1.807, 2.05) is 42.3 Å². The molecule has 1 N–H and O–H groups in total. The zero-order valence-corrected chi connectivity index (χ0v) is 20.2. The Bertz CT molecular complexity index is 1530. The van der Waals surface area contributed by atoms with Crippen molar-refractivity contribution in [3.63, 3.8) is 0 Å². The van der Waals surface area contributed by atoms with E-state index in [4.69, 9.17) is 4.74 Å². The number of anilines is 1. The molecule has 0 saturated carbocycles. The monoisotopic (exact) mass is 496 g/mol. The summed E-state index contributed by atoms with van der Waals surface area (Å²) in [5.41, 5.74) is 4.89. The Labute approximate surface area is 199 Å². The number of hydrogen-bond donors (Lipinski definition) is 1. The topological polar surface area (TPSA) is 77.2 Å². The van der Waals surface area contributed by atoms with E-state index in [1.54, 1.807) is 19.5 Å². The van der Waals surface area contributed by atoms with Crippen molar-refractivity contribution >= 4 is 41.0 Å². The molecule has 0 saturated heterocycles. The number of nitrogens with one attached hydrogen (secondary N) is 1. The van der Waals surface area contributed by atoms with Gasteiger partial charge in [-0.25, -0.2) is 13.8 Å². The highest BCUT2D eigenvalue weighted by atomic mass is 32.7. The summed E-state index contributed by atoms with van der Waals surface area (Å²) in [4.78, 5) is 9.30. The van der Waals surface area contributed by atoms with Gasteiger partial charge in [0.2, 0.25) is 5.88 Å². The first-order chi connectivity index (χ1) is 16.4. The van der Waals surface area contributed by atoms with Crippen molar-refractivity contribution in [2.45, 2.75) is 11.8 Å². The highest BCUT2D eigenvalue weighted by Gasteiger charge is 2.15. The summed E-state index contributed by atoms with van der Waals surface area (Å²) in [6.45, 7) is 3.84. The maximum atomic E-state index is 14.1. The van der Waals surface area contributed by atoms with Gasteiger partial charge >= 0.3 is 0 Å². The molecule has 11 heteroatoms. The molecule has 1 atom stereocenters. The Balaban J connectivity index is 1.48. The molecule has 0 amide bonds. The second-order valence-electron chi connectivity index (χ2n) is 7.46. The molecule has 0 fully saturated rings. The van der Waals surface area contributed by atoms with Crippen LogP contribution in [0.4, 0.5) is 14.5 Å². The van der Waals surface area contributed by atoms with E-state index in [9.17, 15) is 8.78 Å². The van der Waals surface area contributed by atoms with Gasteiger partial charge in [0.1, 0.15) is 23.1 Å². The normalized spacial score (nSPS) is 12.3. The second kappa shape index (κ2) is 9.12. The van der Waals surface area contributed by atoms with Crippen LogP contribution in [0.5, 0.6) is 5.88 Å². The highest BCUT2D eigenvalue weighted by molar-refractivity contribution is 8.56. The number of aryl methyl sites for hydroxylation is 1. The van der Waals surface area contributed by atoms with E-state index in [2.05, 4.69) is 25.3 Å². The molecule has 7 nitrogen and oxygen atoms in total. The number of rotatable bonds is 6. The molecule has 3 aromatic heterocycles. The van der Waals surface area contributed by atoms with Crippen LogP contribution in [0.1, 0.15) is 5.82 Å². The van der Waals surface area contributed by atoms with Crippen molar-refractivity contribution in [3.8, 4) is 17.0 Å². The molecule has 3 heterocycles. The summed E-state index contributed by atoms with van der Waals surface area (Å²) in [6.07, 6.45) is 3.44. The first-order valence-electron chi connectivity index (χ1n) is 10.2. The fourth-order valence-electron chi connectivity index (χ4n) is 3.62. The third kappa shape index (κ3) is 4.26. The molecule has 5 aromatic rings. The first kappa shape index (κ1) is 22.4. The quantitative estimate of drug-likeness (QED) is 0.286. The minimum Gasteiger partial charge on any atom is -0.480 e. The number of aromatic nitrogens is 5. The van der Waals surface area contributed by atoms with Crippen LogP contribution >= 0.6 is 18.7 Å². The Morgan fingerprint density at radius 3 is 2.65 bits per heavy atom. The van der Waals surface area contributed by atoms with Crippen molar-refractivity contribution in [3.05, 3.63) is 72.3 Å². The number of hydrogen-bond acceptors (Lipinski definition) is 7. The van der Waals surface area contributed by atoms with Gasteiger partial charge in [-0.1, -0.05) is 17.4 Å². The Hall–Kier alpha value is -3.36. The fraction of sp³-hybridized carbons (Fsp3) is 0.130. The van der Waals surface area contributed by atoms with Crippen molar-refractivity contribution < 1.29 is 13.5 Å². The number of benzene rings is 2. The molecule has 0 radical (unpaired) electrons. The third-order valence-electron chi connectivity index (χ3n) is 5.17. The van der Waals surface area contributed by atoms with Gasteiger partial charge in [-0.3, -0.25) is 9.38 Å². The summed E-state index contributed by atoms with van der Waals surface area (Å²) in [7, 11) is 0.588. The van der Waals surface area contributed by atoms with E-state index >= 15 is 0 Å². The SMILES string of the molecule is COc1ncc(-c2ccc3ncc4nnc(C)n4c3c2)cc1NP(C)Sc1ccc(F)cc1F. The van der Waals surface area contributed by atoms with Crippen LogP contribution in [0.3, 0.4) is 0 Å². The summed E-state index contributed by atoms with van der Waals surface area (Å²) >= 11 is 1.30. The minimum atomic E-state index is -0.958. The Kier molecular flexibility index (Phi) is 6.02. The van der Waals surface area contributed by atoms with Crippen molar-refractivity contribution in [1.82, 2.24) is 24.6 Å². The second-order valence-corrected chi connectivity index (χ2v) is 11.5. The van der Waals surface area contributed by atoms with Crippen LogP contribution < -0.4 is 9.82 Å². The molecule has 2 aromatic carbocycles. The van der Waals surface area contributed by atoms with E-state index in [0.717, 1.165) is 34.1 Å². The molecular weight excluding hydrogens is 477 g/mol. The molecule has 5 rings (SSSR count). The Morgan fingerprint density at radius 2 is 1.85 bits per heavy atom. The third-order valence-corrected chi connectivity index (χ3v) is 8.21. The van der Waals surface area contributed by atoms with E-state index in [0.29, 0.717) is 22.1 Å². The standard InChI is InChI=1S/C23H19F2N6OPS/c1-13-28-29-22-12-26-18-6-4-14(9-20(18)31(13)22)15-8-19(23(32-2)27-11-15)30-33(3)34-21-7-5-16(24)10-17(21)25/h4-12,30H,1-3H3. The average Bonchev–Trinajstić information content (AvgIpc) is 3.21. The number of halogens is 2. The lowest BCUT2D eigenvalue weighted by Gasteiger charge is -2.17. The molecule has 0 aliphatic carbocycles. The fourth-order valence-corrected chi connectivity index (χ4v) is 6.50. The maximum Gasteiger partial charge on any atom is 0.237 e. The van der Waals surface area contributed by atoms with Gasteiger partial charge in [-0.15, -0.1) is 10.2 Å². The molecule has 1 unspecified atom stereocenters. The predicted molar refractivity (Wildman–Crippen MR) is 131 cm³/mol. The maximum absolute atomic E-state index is 14.1. The van der Waals surface area contributed by atoms with Gasteiger partial charge in [-0.2, -0.15) is 0 Å². The van der Waals surface area contributed by atoms with Gasteiger partial charge in [0.25, 0.3) is 0 Å². The lowest BCUT2D eigenvalue weighted by atomic mass is 10.1. The van der Waals surface area contributed by atoms with Crippen molar-refractivity contribution in [2.75, 3.05) is 18.9 Å². The Morgan fingerprint density at radius 1 is 1.00 bits per heavy atom. The van der Waals surface area contributed by atoms with Crippen LogP contribution in [0.2, 0.25) is 0 Å². The highest BCUT2D eigenvalue weighted by Crippen LogP contribution is 2.52. The van der Waals surface area contributed by atoms with Gasteiger partial charge in [0.15, 0.2) is 5.65 Å². The molecule has 34 heavy (non-hydrogen) atoms.